The van der Waals surface area contributed by atoms with Crippen LogP contribution in [0.1, 0.15) is 5.69 Å². The SMILES string of the molecule is CS(=O)(=O)c1cccc(Oc2ccnc(C(N)=S)c2)c1. The molecule has 0 saturated heterocycles. The minimum absolute atomic E-state index is 0.167. The Morgan fingerprint density at radius 3 is 2.60 bits per heavy atom. The summed E-state index contributed by atoms with van der Waals surface area (Å²) in [4.78, 5) is 4.36. The molecular weight excluding hydrogens is 296 g/mol. The van der Waals surface area contributed by atoms with Crippen LogP contribution in [-0.2, 0) is 9.84 Å². The van der Waals surface area contributed by atoms with Gasteiger partial charge in [-0.1, -0.05) is 18.3 Å². The topological polar surface area (TPSA) is 82.3 Å². The number of thiocarbonyl (C=S) groups is 1. The standard InChI is InChI=1S/C13H12N2O3S2/c1-20(16,17)11-4-2-3-9(7-11)18-10-5-6-15-12(8-10)13(14)19/h2-8H,1H3,(H2,14,19). The van der Waals surface area contributed by atoms with Crippen molar-refractivity contribution in [2.75, 3.05) is 6.26 Å². The fraction of sp³-hybridized carbons (Fsp3) is 0.0769. The third-order valence-corrected chi connectivity index (χ3v) is 3.77. The predicted molar refractivity (Wildman–Crippen MR) is 79.8 cm³/mol. The number of sulfone groups is 1. The summed E-state index contributed by atoms with van der Waals surface area (Å²) < 4.78 is 28.5. The van der Waals surface area contributed by atoms with Crippen molar-refractivity contribution in [2.45, 2.75) is 4.90 Å². The highest BCUT2D eigenvalue weighted by atomic mass is 32.2. The first-order valence-corrected chi connectivity index (χ1v) is 7.90. The molecule has 20 heavy (non-hydrogen) atoms. The van der Waals surface area contributed by atoms with Gasteiger partial charge in [0.25, 0.3) is 0 Å². The van der Waals surface area contributed by atoms with E-state index in [1.807, 2.05) is 0 Å². The number of pyridine rings is 1. The molecule has 7 heteroatoms. The van der Waals surface area contributed by atoms with Crippen LogP contribution in [0.25, 0.3) is 0 Å². The van der Waals surface area contributed by atoms with Crippen LogP contribution in [0.3, 0.4) is 0 Å². The highest BCUT2D eigenvalue weighted by Gasteiger charge is 2.09. The van der Waals surface area contributed by atoms with Gasteiger partial charge in [0.1, 0.15) is 22.2 Å². The Bertz CT molecular complexity index is 758. The second kappa shape index (κ2) is 5.56. The zero-order valence-electron chi connectivity index (χ0n) is 10.6. The molecule has 0 radical (unpaired) electrons. The van der Waals surface area contributed by atoms with E-state index in [0.29, 0.717) is 17.2 Å². The van der Waals surface area contributed by atoms with E-state index in [1.54, 1.807) is 24.3 Å². The van der Waals surface area contributed by atoms with Gasteiger partial charge in [0, 0.05) is 18.5 Å². The van der Waals surface area contributed by atoms with Crippen molar-refractivity contribution >= 4 is 27.0 Å². The van der Waals surface area contributed by atoms with Crippen molar-refractivity contribution in [1.82, 2.24) is 4.98 Å². The largest absolute Gasteiger partial charge is 0.457 e. The van der Waals surface area contributed by atoms with Gasteiger partial charge in [-0.25, -0.2) is 8.42 Å². The summed E-state index contributed by atoms with van der Waals surface area (Å²) in [7, 11) is -3.27. The Morgan fingerprint density at radius 2 is 1.95 bits per heavy atom. The van der Waals surface area contributed by atoms with Crippen molar-refractivity contribution in [3.05, 3.63) is 48.3 Å². The summed E-state index contributed by atoms with van der Waals surface area (Å²) in [6.45, 7) is 0. The van der Waals surface area contributed by atoms with Crippen LogP contribution < -0.4 is 10.5 Å². The first-order chi connectivity index (χ1) is 9.36. The van der Waals surface area contributed by atoms with Gasteiger partial charge in [-0.15, -0.1) is 0 Å². The van der Waals surface area contributed by atoms with Crippen LogP contribution in [0.4, 0.5) is 0 Å². The zero-order valence-corrected chi connectivity index (χ0v) is 12.2. The van der Waals surface area contributed by atoms with Crippen molar-refractivity contribution in [1.29, 1.82) is 0 Å². The van der Waals surface area contributed by atoms with Gasteiger partial charge in [0.05, 0.1) is 4.90 Å². The van der Waals surface area contributed by atoms with Gasteiger partial charge in [-0.05, 0) is 24.3 Å². The van der Waals surface area contributed by atoms with Crippen LogP contribution in [0.5, 0.6) is 11.5 Å². The quantitative estimate of drug-likeness (QED) is 0.869. The molecule has 0 aliphatic rings. The van der Waals surface area contributed by atoms with Crippen LogP contribution in [0, 0.1) is 0 Å². The van der Waals surface area contributed by atoms with Crippen molar-refractivity contribution in [3.8, 4) is 11.5 Å². The number of nitrogens with zero attached hydrogens (tertiary/aromatic N) is 1. The molecule has 0 unspecified atom stereocenters. The monoisotopic (exact) mass is 308 g/mol. The van der Waals surface area contributed by atoms with E-state index >= 15 is 0 Å². The smallest absolute Gasteiger partial charge is 0.175 e. The van der Waals surface area contributed by atoms with Crippen molar-refractivity contribution in [2.24, 2.45) is 5.73 Å². The van der Waals surface area contributed by atoms with Gasteiger partial charge in [0.15, 0.2) is 9.84 Å². The van der Waals surface area contributed by atoms with E-state index in [9.17, 15) is 8.42 Å². The minimum atomic E-state index is -3.27. The normalized spacial score (nSPS) is 11.1. The molecule has 1 aromatic carbocycles. The van der Waals surface area contributed by atoms with E-state index in [4.69, 9.17) is 22.7 Å². The van der Waals surface area contributed by atoms with E-state index < -0.39 is 9.84 Å². The Balaban J connectivity index is 2.31. The lowest BCUT2D eigenvalue weighted by Gasteiger charge is -2.07. The summed E-state index contributed by atoms with van der Waals surface area (Å²) in [5, 5.41) is 0. The molecule has 5 nitrogen and oxygen atoms in total. The van der Waals surface area contributed by atoms with Crippen molar-refractivity contribution in [3.63, 3.8) is 0 Å². The molecule has 0 spiro atoms. The molecule has 0 fully saturated rings. The number of nitrogens with two attached hydrogens (primary N) is 1. The molecule has 0 saturated carbocycles. The van der Waals surface area contributed by atoms with Crippen LogP contribution in [0.15, 0.2) is 47.5 Å². The second-order valence-corrected chi connectivity index (χ2v) is 6.55. The number of ether oxygens (including phenoxy) is 1. The summed E-state index contributed by atoms with van der Waals surface area (Å²) in [5.41, 5.74) is 5.93. The molecule has 2 rings (SSSR count). The molecule has 2 aromatic rings. The highest BCUT2D eigenvalue weighted by molar-refractivity contribution is 7.90. The van der Waals surface area contributed by atoms with Gasteiger partial charge < -0.3 is 10.5 Å². The Hall–Kier alpha value is -1.99. The van der Waals surface area contributed by atoms with E-state index in [2.05, 4.69) is 4.98 Å². The maximum absolute atomic E-state index is 11.5. The molecule has 0 bridgehead atoms. The van der Waals surface area contributed by atoms with Crippen LogP contribution >= 0.6 is 12.2 Å². The van der Waals surface area contributed by atoms with E-state index in [0.717, 1.165) is 6.26 Å². The van der Waals surface area contributed by atoms with Crippen LogP contribution in [0.2, 0.25) is 0 Å². The first-order valence-electron chi connectivity index (χ1n) is 5.60. The molecule has 0 aliphatic carbocycles. The molecule has 0 amide bonds. The Morgan fingerprint density at radius 1 is 1.25 bits per heavy atom. The molecular formula is C13H12N2O3S2. The third kappa shape index (κ3) is 3.52. The summed E-state index contributed by atoms with van der Waals surface area (Å²) >= 11 is 4.84. The molecule has 1 heterocycles. The predicted octanol–water partition coefficient (Wildman–Crippen LogP) is 1.91. The Kier molecular flexibility index (Phi) is 4.01. The van der Waals surface area contributed by atoms with E-state index in [-0.39, 0.29) is 9.88 Å². The average Bonchev–Trinajstić information content (AvgIpc) is 2.38. The number of hydrogen-bond donors (Lipinski definition) is 1. The van der Waals surface area contributed by atoms with Gasteiger partial charge >= 0.3 is 0 Å². The fourth-order valence-corrected chi connectivity index (χ4v) is 2.28. The number of hydrogen-bond acceptors (Lipinski definition) is 5. The average molecular weight is 308 g/mol. The number of benzene rings is 1. The summed E-state index contributed by atoms with van der Waals surface area (Å²) in [6, 6.07) is 9.46. The minimum Gasteiger partial charge on any atom is -0.457 e. The number of rotatable bonds is 4. The maximum Gasteiger partial charge on any atom is 0.175 e. The highest BCUT2D eigenvalue weighted by Crippen LogP contribution is 2.24. The second-order valence-electron chi connectivity index (χ2n) is 4.09. The first kappa shape index (κ1) is 14.4. The van der Waals surface area contributed by atoms with Gasteiger partial charge in [-0.3, -0.25) is 4.98 Å². The molecule has 1 aromatic heterocycles. The third-order valence-electron chi connectivity index (χ3n) is 2.45. The molecule has 2 N–H and O–H groups in total. The fourth-order valence-electron chi connectivity index (χ4n) is 1.51. The lowest BCUT2D eigenvalue weighted by atomic mass is 10.3. The summed E-state index contributed by atoms with van der Waals surface area (Å²) in [5.74, 6) is 0.890. The Labute approximate surface area is 122 Å². The molecule has 0 aliphatic heterocycles. The van der Waals surface area contributed by atoms with Gasteiger partial charge in [-0.2, -0.15) is 0 Å². The lowest BCUT2D eigenvalue weighted by molar-refractivity contribution is 0.480. The van der Waals surface area contributed by atoms with Crippen LogP contribution in [-0.4, -0.2) is 24.6 Å². The van der Waals surface area contributed by atoms with E-state index in [1.165, 1.54) is 18.3 Å². The molecule has 0 atom stereocenters. The van der Waals surface area contributed by atoms with Gasteiger partial charge in [0.2, 0.25) is 0 Å². The zero-order chi connectivity index (χ0) is 14.8. The summed E-state index contributed by atoms with van der Waals surface area (Å²) in [6.07, 6.45) is 2.66. The molecule has 104 valence electrons. The number of aromatic nitrogens is 1. The lowest BCUT2D eigenvalue weighted by Crippen LogP contribution is -2.11. The van der Waals surface area contributed by atoms with Crippen molar-refractivity contribution < 1.29 is 13.2 Å². The maximum atomic E-state index is 11.5.